The number of rotatable bonds is 6. The molecule has 1 aromatic heterocycles. The van der Waals surface area contributed by atoms with Crippen molar-refractivity contribution in [3.8, 4) is 0 Å². The molecule has 1 atom stereocenters. The maximum absolute atomic E-state index is 13.9. The van der Waals surface area contributed by atoms with E-state index in [-0.39, 0.29) is 41.1 Å². The van der Waals surface area contributed by atoms with E-state index in [9.17, 15) is 23.6 Å². The molecule has 1 aromatic carbocycles. The Morgan fingerprint density at radius 2 is 2.00 bits per heavy atom. The molecule has 0 spiro atoms. The number of thioether (sulfide) groups is 1. The number of amides is 4. The molecule has 2 saturated heterocycles. The number of hydrogen-bond acceptors (Lipinski definition) is 6. The van der Waals surface area contributed by atoms with Crippen LogP contribution in [0.3, 0.4) is 0 Å². The highest BCUT2D eigenvalue weighted by Crippen LogP contribution is 2.32. The predicted molar refractivity (Wildman–Crippen MR) is 119 cm³/mol. The van der Waals surface area contributed by atoms with Crippen molar-refractivity contribution in [2.75, 3.05) is 19.6 Å². The molecule has 0 aliphatic carbocycles. The average Bonchev–Trinajstić information content (AvgIpc) is 3.44. The summed E-state index contributed by atoms with van der Waals surface area (Å²) >= 11 is 0.731. The second-order valence-electron chi connectivity index (χ2n) is 7.63. The van der Waals surface area contributed by atoms with E-state index in [1.165, 1.54) is 35.4 Å². The van der Waals surface area contributed by atoms with Gasteiger partial charge in [-0.2, -0.15) is 0 Å². The van der Waals surface area contributed by atoms with Crippen LogP contribution in [0.15, 0.2) is 52.0 Å². The Balaban J connectivity index is 1.35. The second-order valence-corrected chi connectivity index (χ2v) is 8.63. The number of hydrogen-bond donors (Lipinski definition) is 1. The standard InChI is InChI=1S/C23H22FN3O5S/c24-16-7-2-1-6-15(16)14-19-22(30)27(23(31)33-19)12-10-25-20(28)17-8-3-4-11-26(17)21(29)18-9-5-13-32-18/h1-2,5-7,9,13-14,17H,3-4,8,10-12H2,(H,25,28)/b19-14-. The van der Waals surface area contributed by atoms with Crippen molar-refractivity contribution in [1.82, 2.24) is 15.1 Å². The number of imide groups is 1. The van der Waals surface area contributed by atoms with E-state index in [1.54, 1.807) is 18.2 Å². The van der Waals surface area contributed by atoms with Crippen molar-refractivity contribution < 1.29 is 28.0 Å². The zero-order chi connectivity index (χ0) is 23.4. The largest absolute Gasteiger partial charge is 0.459 e. The lowest BCUT2D eigenvalue weighted by Crippen LogP contribution is -2.52. The van der Waals surface area contributed by atoms with Crippen LogP contribution in [0.5, 0.6) is 0 Å². The first-order valence-electron chi connectivity index (χ1n) is 10.6. The summed E-state index contributed by atoms with van der Waals surface area (Å²) < 4.78 is 19.0. The Hall–Kier alpha value is -3.40. The number of benzene rings is 1. The molecule has 2 aliphatic heterocycles. The van der Waals surface area contributed by atoms with E-state index < -0.39 is 23.0 Å². The number of piperidine rings is 1. The molecular weight excluding hydrogens is 449 g/mol. The smallest absolute Gasteiger partial charge is 0.293 e. The number of carbonyl (C=O) groups is 4. The van der Waals surface area contributed by atoms with Gasteiger partial charge in [-0.05, 0) is 55.3 Å². The third-order valence-corrected chi connectivity index (χ3v) is 6.41. The molecule has 8 nitrogen and oxygen atoms in total. The van der Waals surface area contributed by atoms with Crippen molar-refractivity contribution in [3.63, 3.8) is 0 Å². The Labute approximate surface area is 193 Å². The monoisotopic (exact) mass is 471 g/mol. The Bertz CT molecular complexity index is 1100. The van der Waals surface area contributed by atoms with Crippen molar-refractivity contribution in [2.24, 2.45) is 0 Å². The van der Waals surface area contributed by atoms with E-state index in [0.717, 1.165) is 29.5 Å². The van der Waals surface area contributed by atoms with Gasteiger partial charge in [0, 0.05) is 25.2 Å². The molecule has 1 unspecified atom stereocenters. The summed E-state index contributed by atoms with van der Waals surface area (Å²) in [6.07, 6.45) is 4.87. The van der Waals surface area contributed by atoms with Crippen molar-refractivity contribution in [2.45, 2.75) is 25.3 Å². The van der Waals surface area contributed by atoms with E-state index in [2.05, 4.69) is 5.32 Å². The molecule has 2 aromatic rings. The van der Waals surface area contributed by atoms with Gasteiger partial charge in [0.05, 0.1) is 11.2 Å². The topological polar surface area (TPSA) is 99.9 Å². The molecule has 0 radical (unpaired) electrons. The van der Waals surface area contributed by atoms with Gasteiger partial charge in [0.25, 0.3) is 17.1 Å². The van der Waals surface area contributed by atoms with Crippen LogP contribution < -0.4 is 5.32 Å². The molecule has 3 heterocycles. The highest BCUT2D eigenvalue weighted by molar-refractivity contribution is 8.18. The first kappa shape index (κ1) is 22.8. The van der Waals surface area contributed by atoms with Crippen LogP contribution in [0.1, 0.15) is 35.4 Å². The summed E-state index contributed by atoms with van der Waals surface area (Å²) in [7, 11) is 0. The SMILES string of the molecule is O=C(NCCN1C(=O)S/C(=C\c2ccccc2F)C1=O)C1CCCCN1C(=O)c1ccco1. The molecule has 0 saturated carbocycles. The number of furan rings is 1. The highest BCUT2D eigenvalue weighted by Gasteiger charge is 2.36. The first-order chi connectivity index (χ1) is 16.0. The molecule has 1 N–H and O–H groups in total. The second kappa shape index (κ2) is 10.0. The van der Waals surface area contributed by atoms with Gasteiger partial charge < -0.3 is 14.6 Å². The lowest BCUT2D eigenvalue weighted by atomic mass is 10.0. The van der Waals surface area contributed by atoms with Crippen molar-refractivity contribution in [3.05, 3.63) is 64.7 Å². The zero-order valence-corrected chi connectivity index (χ0v) is 18.5. The summed E-state index contributed by atoms with van der Waals surface area (Å²) in [5.74, 6) is -1.53. The summed E-state index contributed by atoms with van der Waals surface area (Å²) in [4.78, 5) is 53.0. The number of carbonyl (C=O) groups excluding carboxylic acids is 4. The number of nitrogens with one attached hydrogen (secondary N) is 1. The fraction of sp³-hybridized carbons (Fsp3) is 0.304. The number of likely N-dealkylation sites (tertiary alicyclic amines) is 1. The van der Waals surface area contributed by atoms with Crippen LogP contribution in [0.25, 0.3) is 6.08 Å². The van der Waals surface area contributed by atoms with Crippen LogP contribution in [0.4, 0.5) is 9.18 Å². The van der Waals surface area contributed by atoms with Gasteiger partial charge in [0.2, 0.25) is 5.91 Å². The predicted octanol–water partition coefficient (Wildman–Crippen LogP) is 3.27. The van der Waals surface area contributed by atoms with Gasteiger partial charge in [-0.3, -0.25) is 24.1 Å². The molecule has 4 rings (SSSR count). The maximum Gasteiger partial charge on any atom is 0.293 e. The van der Waals surface area contributed by atoms with Crippen LogP contribution in [0.2, 0.25) is 0 Å². The third-order valence-electron chi connectivity index (χ3n) is 5.50. The molecule has 2 fully saturated rings. The van der Waals surface area contributed by atoms with Crippen molar-refractivity contribution >= 4 is 40.8 Å². The molecule has 0 bridgehead atoms. The molecule has 2 aliphatic rings. The van der Waals surface area contributed by atoms with Crippen LogP contribution in [0, 0.1) is 5.82 Å². The third kappa shape index (κ3) is 5.00. The lowest BCUT2D eigenvalue weighted by molar-refractivity contribution is -0.127. The molecule has 4 amide bonds. The summed E-state index contributed by atoms with van der Waals surface area (Å²) in [5, 5.41) is 2.24. The van der Waals surface area contributed by atoms with Crippen LogP contribution >= 0.6 is 11.8 Å². The van der Waals surface area contributed by atoms with Gasteiger partial charge >= 0.3 is 0 Å². The zero-order valence-electron chi connectivity index (χ0n) is 17.7. The average molecular weight is 472 g/mol. The summed E-state index contributed by atoms with van der Waals surface area (Å²) in [6.45, 7) is 0.467. The minimum atomic E-state index is -0.646. The normalized spacial score (nSPS) is 19.9. The van der Waals surface area contributed by atoms with Crippen LogP contribution in [-0.2, 0) is 9.59 Å². The van der Waals surface area contributed by atoms with Gasteiger partial charge in [0.1, 0.15) is 11.9 Å². The first-order valence-corrected chi connectivity index (χ1v) is 11.4. The van der Waals surface area contributed by atoms with Gasteiger partial charge in [-0.15, -0.1) is 0 Å². The summed E-state index contributed by atoms with van der Waals surface area (Å²) in [6, 6.07) is 8.49. The minimum Gasteiger partial charge on any atom is -0.459 e. The number of halogens is 1. The quantitative estimate of drug-likeness (QED) is 0.649. The number of nitrogens with zero attached hydrogens (tertiary/aromatic N) is 2. The maximum atomic E-state index is 13.9. The van der Waals surface area contributed by atoms with Gasteiger partial charge in [0.15, 0.2) is 5.76 Å². The molecule has 33 heavy (non-hydrogen) atoms. The van der Waals surface area contributed by atoms with E-state index >= 15 is 0 Å². The minimum absolute atomic E-state index is 0.0239. The fourth-order valence-electron chi connectivity index (χ4n) is 3.82. The Kier molecular flexibility index (Phi) is 6.93. The highest BCUT2D eigenvalue weighted by atomic mass is 32.2. The van der Waals surface area contributed by atoms with Crippen LogP contribution in [-0.4, -0.2) is 58.4 Å². The Morgan fingerprint density at radius 3 is 2.76 bits per heavy atom. The van der Waals surface area contributed by atoms with E-state index in [0.29, 0.717) is 13.0 Å². The lowest BCUT2D eigenvalue weighted by Gasteiger charge is -2.34. The molecule has 10 heteroatoms. The molecular formula is C23H22FN3O5S. The Morgan fingerprint density at radius 1 is 1.18 bits per heavy atom. The van der Waals surface area contributed by atoms with E-state index in [1.807, 2.05) is 0 Å². The van der Waals surface area contributed by atoms with Gasteiger partial charge in [-0.1, -0.05) is 18.2 Å². The fourth-order valence-corrected chi connectivity index (χ4v) is 4.68. The van der Waals surface area contributed by atoms with E-state index in [4.69, 9.17) is 4.42 Å². The molecule has 172 valence electrons. The summed E-state index contributed by atoms with van der Waals surface area (Å²) in [5.41, 5.74) is 0.218. The van der Waals surface area contributed by atoms with Crippen molar-refractivity contribution in [1.29, 1.82) is 0 Å². The van der Waals surface area contributed by atoms with Gasteiger partial charge in [-0.25, -0.2) is 4.39 Å².